The lowest BCUT2D eigenvalue weighted by atomic mass is 10.0. The summed E-state index contributed by atoms with van der Waals surface area (Å²) in [4.78, 5) is 0. The Morgan fingerprint density at radius 3 is 2.50 bits per heavy atom. The Hall–Kier alpha value is -1.74. The van der Waals surface area contributed by atoms with Crippen LogP contribution in [0.4, 0.5) is 0 Å². The number of rotatable bonds is 5. The maximum atomic E-state index is 8.86. The molecule has 3 nitrogen and oxygen atoms in total. The molecular weight excluding hydrogens is 228 g/mol. The summed E-state index contributed by atoms with van der Waals surface area (Å²) in [7, 11) is 0. The molecule has 0 radical (unpaired) electrons. The van der Waals surface area contributed by atoms with E-state index in [9.17, 15) is 0 Å². The highest BCUT2D eigenvalue weighted by Crippen LogP contribution is 2.36. The highest BCUT2D eigenvalue weighted by molar-refractivity contribution is 5.94. The molecule has 0 amide bonds. The van der Waals surface area contributed by atoms with Crippen molar-refractivity contribution >= 4 is 10.8 Å². The topological polar surface area (TPSA) is 38.7 Å². The zero-order valence-electron chi connectivity index (χ0n) is 10.8. The van der Waals surface area contributed by atoms with Crippen LogP contribution in [0, 0.1) is 6.92 Å². The van der Waals surface area contributed by atoms with E-state index in [2.05, 4.69) is 0 Å². The van der Waals surface area contributed by atoms with Crippen molar-refractivity contribution in [2.75, 3.05) is 19.8 Å². The van der Waals surface area contributed by atoms with Gasteiger partial charge < -0.3 is 14.6 Å². The standard InChI is InChI=1S/C15H18O3/c1-3-17-15-11(2)10-14(18-9-8-16)12-6-4-5-7-13(12)15/h4-7,10,16H,3,8-9H2,1-2H3. The van der Waals surface area contributed by atoms with Crippen LogP contribution in [0.3, 0.4) is 0 Å². The van der Waals surface area contributed by atoms with Crippen molar-refractivity contribution < 1.29 is 14.6 Å². The highest BCUT2D eigenvalue weighted by Gasteiger charge is 2.10. The molecule has 0 heterocycles. The lowest BCUT2D eigenvalue weighted by Gasteiger charge is -2.15. The molecule has 0 fully saturated rings. The first-order chi connectivity index (χ1) is 8.77. The van der Waals surface area contributed by atoms with Gasteiger partial charge in [-0.05, 0) is 25.5 Å². The first-order valence-corrected chi connectivity index (χ1v) is 6.16. The van der Waals surface area contributed by atoms with Crippen molar-refractivity contribution in [3.8, 4) is 11.5 Å². The molecular formula is C15H18O3. The molecule has 18 heavy (non-hydrogen) atoms. The summed E-state index contributed by atoms with van der Waals surface area (Å²) in [6.45, 7) is 4.94. The largest absolute Gasteiger partial charge is 0.493 e. The Labute approximate surface area is 107 Å². The fraction of sp³-hybridized carbons (Fsp3) is 0.333. The van der Waals surface area contributed by atoms with Gasteiger partial charge in [0.25, 0.3) is 0 Å². The predicted octanol–water partition coefficient (Wildman–Crippen LogP) is 2.92. The van der Waals surface area contributed by atoms with Crippen molar-refractivity contribution in [3.05, 3.63) is 35.9 Å². The Morgan fingerprint density at radius 1 is 1.11 bits per heavy atom. The van der Waals surface area contributed by atoms with Crippen LogP contribution in [0.2, 0.25) is 0 Å². The molecule has 96 valence electrons. The van der Waals surface area contributed by atoms with Gasteiger partial charge in [0, 0.05) is 10.8 Å². The van der Waals surface area contributed by atoms with Crippen molar-refractivity contribution in [3.63, 3.8) is 0 Å². The molecule has 0 aliphatic rings. The molecule has 0 unspecified atom stereocenters. The van der Waals surface area contributed by atoms with E-state index >= 15 is 0 Å². The summed E-state index contributed by atoms with van der Waals surface area (Å²) in [5.41, 5.74) is 1.04. The second-order valence-electron chi connectivity index (χ2n) is 4.07. The van der Waals surface area contributed by atoms with E-state index in [-0.39, 0.29) is 6.61 Å². The van der Waals surface area contributed by atoms with Crippen LogP contribution in [0.5, 0.6) is 11.5 Å². The van der Waals surface area contributed by atoms with Gasteiger partial charge in [-0.2, -0.15) is 0 Å². The van der Waals surface area contributed by atoms with Crippen LogP contribution in [-0.2, 0) is 0 Å². The van der Waals surface area contributed by atoms with E-state index in [0.717, 1.165) is 27.8 Å². The molecule has 2 aromatic rings. The summed E-state index contributed by atoms with van der Waals surface area (Å²) in [5.74, 6) is 1.70. The predicted molar refractivity (Wildman–Crippen MR) is 72.4 cm³/mol. The number of aliphatic hydroxyl groups excluding tert-OH is 1. The van der Waals surface area contributed by atoms with Gasteiger partial charge in [-0.25, -0.2) is 0 Å². The first kappa shape index (κ1) is 12.7. The van der Waals surface area contributed by atoms with Crippen molar-refractivity contribution in [2.45, 2.75) is 13.8 Å². The highest BCUT2D eigenvalue weighted by atomic mass is 16.5. The van der Waals surface area contributed by atoms with Crippen LogP contribution in [0.25, 0.3) is 10.8 Å². The van der Waals surface area contributed by atoms with Gasteiger partial charge in [-0.1, -0.05) is 24.3 Å². The third-order valence-electron chi connectivity index (χ3n) is 2.78. The van der Waals surface area contributed by atoms with Gasteiger partial charge in [0.05, 0.1) is 13.2 Å². The fourth-order valence-corrected chi connectivity index (χ4v) is 2.06. The number of hydrogen-bond acceptors (Lipinski definition) is 3. The van der Waals surface area contributed by atoms with Gasteiger partial charge in [0.15, 0.2) is 0 Å². The first-order valence-electron chi connectivity index (χ1n) is 6.16. The molecule has 0 spiro atoms. The number of benzene rings is 2. The van der Waals surface area contributed by atoms with E-state index in [1.54, 1.807) is 0 Å². The maximum Gasteiger partial charge on any atom is 0.130 e. The minimum atomic E-state index is 0.0145. The van der Waals surface area contributed by atoms with Crippen LogP contribution in [0.1, 0.15) is 12.5 Å². The van der Waals surface area contributed by atoms with E-state index in [1.807, 2.05) is 44.2 Å². The molecule has 0 bridgehead atoms. The Balaban J connectivity index is 2.57. The second kappa shape index (κ2) is 5.74. The molecule has 1 N–H and O–H groups in total. The minimum absolute atomic E-state index is 0.0145. The van der Waals surface area contributed by atoms with E-state index in [4.69, 9.17) is 14.6 Å². The molecule has 0 aliphatic carbocycles. The number of hydrogen-bond donors (Lipinski definition) is 1. The van der Waals surface area contributed by atoms with Gasteiger partial charge in [0.1, 0.15) is 18.1 Å². The van der Waals surface area contributed by atoms with Gasteiger partial charge in [-0.3, -0.25) is 0 Å². The molecule has 0 saturated heterocycles. The number of fused-ring (bicyclic) bond motifs is 1. The van der Waals surface area contributed by atoms with Gasteiger partial charge >= 0.3 is 0 Å². The Bertz CT molecular complexity index is 534. The molecule has 3 heteroatoms. The summed E-state index contributed by atoms with van der Waals surface area (Å²) in [6.07, 6.45) is 0. The van der Waals surface area contributed by atoms with Gasteiger partial charge in [0.2, 0.25) is 0 Å². The second-order valence-corrected chi connectivity index (χ2v) is 4.07. The zero-order chi connectivity index (χ0) is 13.0. The maximum absolute atomic E-state index is 8.86. The fourth-order valence-electron chi connectivity index (χ4n) is 2.06. The smallest absolute Gasteiger partial charge is 0.130 e. The van der Waals surface area contributed by atoms with Gasteiger partial charge in [-0.15, -0.1) is 0 Å². The average molecular weight is 246 g/mol. The third-order valence-corrected chi connectivity index (χ3v) is 2.78. The molecule has 0 saturated carbocycles. The van der Waals surface area contributed by atoms with E-state index < -0.39 is 0 Å². The summed E-state index contributed by atoms with van der Waals surface area (Å²) in [6, 6.07) is 9.95. The van der Waals surface area contributed by atoms with E-state index in [0.29, 0.717) is 13.2 Å². The minimum Gasteiger partial charge on any atom is -0.493 e. The van der Waals surface area contributed by atoms with Crippen molar-refractivity contribution in [1.29, 1.82) is 0 Å². The molecule has 0 aromatic heterocycles. The monoisotopic (exact) mass is 246 g/mol. The lowest BCUT2D eigenvalue weighted by Crippen LogP contribution is -2.03. The van der Waals surface area contributed by atoms with Crippen LogP contribution >= 0.6 is 0 Å². The number of aliphatic hydroxyl groups is 1. The lowest BCUT2D eigenvalue weighted by molar-refractivity contribution is 0.202. The molecule has 0 atom stereocenters. The Kier molecular flexibility index (Phi) is 4.05. The zero-order valence-corrected chi connectivity index (χ0v) is 10.8. The average Bonchev–Trinajstić information content (AvgIpc) is 2.40. The van der Waals surface area contributed by atoms with Crippen LogP contribution < -0.4 is 9.47 Å². The summed E-state index contributed by atoms with van der Waals surface area (Å²) >= 11 is 0. The third kappa shape index (κ3) is 2.41. The number of aryl methyl sites for hydroxylation is 1. The summed E-state index contributed by atoms with van der Waals surface area (Å²) < 4.78 is 11.3. The van der Waals surface area contributed by atoms with Crippen molar-refractivity contribution in [1.82, 2.24) is 0 Å². The molecule has 2 aromatic carbocycles. The van der Waals surface area contributed by atoms with Crippen LogP contribution in [-0.4, -0.2) is 24.9 Å². The normalized spacial score (nSPS) is 10.6. The van der Waals surface area contributed by atoms with Crippen LogP contribution in [0.15, 0.2) is 30.3 Å². The van der Waals surface area contributed by atoms with Crippen molar-refractivity contribution in [2.24, 2.45) is 0 Å². The number of ether oxygens (including phenoxy) is 2. The van der Waals surface area contributed by atoms with E-state index in [1.165, 1.54) is 0 Å². The SMILES string of the molecule is CCOc1c(C)cc(OCCO)c2ccccc12. The molecule has 2 rings (SSSR count). The Morgan fingerprint density at radius 2 is 1.83 bits per heavy atom. The summed E-state index contributed by atoms with van der Waals surface area (Å²) in [5, 5.41) is 10.9. The quantitative estimate of drug-likeness (QED) is 0.881. The molecule has 0 aliphatic heterocycles.